The number of aromatic nitrogens is 2. The van der Waals surface area contributed by atoms with Crippen molar-refractivity contribution in [2.75, 3.05) is 20.2 Å². The number of fused-ring (bicyclic) bond motifs is 2. The molecular weight excluding hydrogens is 370 g/mol. The molecule has 0 unspecified atom stereocenters. The first-order valence-electron chi connectivity index (χ1n) is 9.69. The number of rotatable bonds is 6. The number of nitrogens with one attached hydrogen (secondary N) is 1. The largest absolute Gasteiger partial charge is 0.467 e. The van der Waals surface area contributed by atoms with Crippen molar-refractivity contribution in [2.45, 2.75) is 32.9 Å². The van der Waals surface area contributed by atoms with Gasteiger partial charge in [0.05, 0.1) is 25.8 Å². The molecule has 2 amide bonds. The number of hydrogen-bond acceptors (Lipinski definition) is 6. The van der Waals surface area contributed by atoms with E-state index in [1.807, 2.05) is 6.92 Å². The molecular formula is C21H23N5O3. The van der Waals surface area contributed by atoms with Crippen LogP contribution in [0.3, 0.4) is 0 Å². The first-order valence-corrected chi connectivity index (χ1v) is 9.69. The van der Waals surface area contributed by atoms with Crippen LogP contribution in [0.15, 0.2) is 29.5 Å². The van der Waals surface area contributed by atoms with Crippen LogP contribution < -0.4 is 10.1 Å². The van der Waals surface area contributed by atoms with E-state index in [0.717, 1.165) is 33.5 Å². The van der Waals surface area contributed by atoms with Gasteiger partial charge in [0.15, 0.2) is 0 Å². The number of amides is 2. The molecule has 0 radical (unpaired) electrons. The van der Waals surface area contributed by atoms with E-state index < -0.39 is 0 Å². The zero-order chi connectivity index (χ0) is 20.4. The molecule has 8 nitrogen and oxygen atoms in total. The fourth-order valence-electron chi connectivity index (χ4n) is 3.67. The number of carbonyl (C=O) groups excluding carboxylic acids is 2. The SMILES string of the molecule is CCC(=O)NCCN1Cc2cc3c(cc2CC1=O)CN=C3c1cnc(OC)nc1. The number of methoxy groups -OCH3 is 1. The third kappa shape index (κ3) is 3.83. The third-order valence-electron chi connectivity index (χ3n) is 5.25. The predicted molar refractivity (Wildman–Crippen MR) is 107 cm³/mol. The number of carbonyl (C=O) groups is 2. The van der Waals surface area contributed by atoms with Crippen molar-refractivity contribution in [2.24, 2.45) is 4.99 Å². The smallest absolute Gasteiger partial charge is 0.316 e. The van der Waals surface area contributed by atoms with Gasteiger partial charge in [-0.3, -0.25) is 14.6 Å². The molecule has 0 saturated carbocycles. The summed E-state index contributed by atoms with van der Waals surface area (Å²) in [6.07, 6.45) is 4.25. The van der Waals surface area contributed by atoms with E-state index >= 15 is 0 Å². The molecule has 4 rings (SSSR count). The Hall–Kier alpha value is -3.29. The Kier molecular flexibility index (Phi) is 5.24. The minimum absolute atomic E-state index is 0.00441. The Bertz CT molecular complexity index is 985. The second-order valence-electron chi connectivity index (χ2n) is 7.10. The molecule has 29 heavy (non-hydrogen) atoms. The molecule has 0 saturated heterocycles. The fourth-order valence-corrected chi connectivity index (χ4v) is 3.67. The lowest BCUT2D eigenvalue weighted by Crippen LogP contribution is -2.41. The minimum atomic E-state index is -0.00441. The van der Waals surface area contributed by atoms with Gasteiger partial charge < -0.3 is 15.0 Å². The second kappa shape index (κ2) is 7.98. The highest BCUT2D eigenvalue weighted by atomic mass is 16.5. The Morgan fingerprint density at radius 1 is 1.21 bits per heavy atom. The van der Waals surface area contributed by atoms with Crippen LogP contribution in [0.5, 0.6) is 6.01 Å². The van der Waals surface area contributed by atoms with Crippen LogP contribution >= 0.6 is 0 Å². The van der Waals surface area contributed by atoms with E-state index in [-0.39, 0.29) is 11.8 Å². The highest BCUT2D eigenvalue weighted by Crippen LogP contribution is 2.29. The van der Waals surface area contributed by atoms with E-state index in [4.69, 9.17) is 4.74 Å². The number of hydrogen-bond donors (Lipinski definition) is 1. The average Bonchev–Trinajstić information content (AvgIpc) is 3.15. The quantitative estimate of drug-likeness (QED) is 0.797. The summed E-state index contributed by atoms with van der Waals surface area (Å²) in [5.41, 5.74) is 6.07. The minimum Gasteiger partial charge on any atom is -0.467 e. The molecule has 1 aromatic carbocycles. The maximum absolute atomic E-state index is 12.5. The van der Waals surface area contributed by atoms with Crippen LogP contribution in [-0.2, 0) is 29.1 Å². The summed E-state index contributed by atoms with van der Waals surface area (Å²) in [4.78, 5) is 38.8. The zero-order valence-corrected chi connectivity index (χ0v) is 16.6. The molecule has 8 heteroatoms. The second-order valence-corrected chi connectivity index (χ2v) is 7.10. The lowest BCUT2D eigenvalue weighted by molar-refractivity contribution is -0.132. The molecule has 0 aliphatic carbocycles. The Balaban J connectivity index is 1.54. The zero-order valence-electron chi connectivity index (χ0n) is 16.6. The van der Waals surface area contributed by atoms with Gasteiger partial charge in [0, 0.05) is 49.6 Å². The summed E-state index contributed by atoms with van der Waals surface area (Å²) in [5, 5.41) is 2.83. The number of nitrogens with zero attached hydrogens (tertiary/aromatic N) is 4. The van der Waals surface area contributed by atoms with Gasteiger partial charge in [-0.1, -0.05) is 13.0 Å². The molecule has 0 fully saturated rings. The first kappa shape index (κ1) is 19.0. The summed E-state index contributed by atoms with van der Waals surface area (Å²) in [5.74, 6) is 0.0844. The van der Waals surface area contributed by atoms with E-state index in [2.05, 4.69) is 32.4 Å². The molecule has 0 bridgehead atoms. The Labute approximate surface area is 169 Å². The van der Waals surface area contributed by atoms with Crippen LogP contribution in [0.1, 0.15) is 41.2 Å². The summed E-state index contributed by atoms with van der Waals surface area (Å²) < 4.78 is 5.03. The van der Waals surface area contributed by atoms with Gasteiger partial charge in [0.2, 0.25) is 11.8 Å². The van der Waals surface area contributed by atoms with Crippen LogP contribution in [0.4, 0.5) is 0 Å². The van der Waals surface area contributed by atoms with Gasteiger partial charge in [0.1, 0.15) is 0 Å². The van der Waals surface area contributed by atoms with Gasteiger partial charge in [0.25, 0.3) is 0 Å². The Morgan fingerprint density at radius 2 is 2.00 bits per heavy atom. The molecule has 0 atom stereocenters. The maximum Gasteiger partial charge on any atom is 0.316 e. The van der Waals surface area contributed by atoms with Crippen molar-refractivity contribution >= 4 is 17.5 Å². The van der Waals surface area contributed by atoms with E-state index in [0.29, 0.717) is 45.0 Å². The van der Waals surface area contributed by atoms with Crippen LogP contribution in [0.25, 0.3) is 0 Å². The average molecular weight is 393 g/mol. The highest BCUT2D eigenvalue weighted by molar-refractivity contribution is 6.15. The number of benzene rings is 1. The summed E-state index contributed by atoms with van der Waals surface area (Å²) >= 11 is 0. The lowest BCUT2D eigenvalue weighted by atomic mass is 9.91. The lowest BCUT2D eigenvalue weighted by Gasteiger charge is -2.29. The molecule has 2 aliphatic heterocycles. The fraction of sp³-hybridized carbons (Fsp3) is 0.381. The molecule has 3 heterocycles. The normalized spacial score (nSPS) is 14.9. The third-order valence-corrected chi connectivity index (χ3v) is 5.25. The number of aliphatic imine (C=N–C) groups is 1. The van der Waals surface area contributed by atoms with Crippen molar-refractivity contribution in [1.82, 2.24) is 20.2 Å². The van der Waals surface area contributed by atoms with Gasteiger partial charge >= 0.3 is 6.01 Å². The molecule has 1 N–H and O–H groups in total. The van der Waals surface area contributed by atoms with Crippen molar-refractivity contribution < 1.29 is 14.3 Å². The predicted octanol–water partition coefficient (Wildman–Crippen LogP) is 1.25. The van der Waals surface area contributed by atoms with E-state index in [9.17, 15) is 9.59 Å². The molecule has 2 aliphatic rings. The topological polar surface area (TPSA) is 96.8 Å². The highest BCUT2D eigenvalue weighted by Gasteiger charge is 2.27. The van der Waals surface area contributed by atoms with Gasteiger partial charge in [-0.05, 0) is 22.8 Å². The summed E-state index contributed by atoms with van der Waals surface area (Å²) in [7, 11) is 1.53. The Morgan fingerprint density at radius 3 is 2.72 bits per heavy atom. The van der Waals surface area contributed by atoms with Crippen LogP contribution in [0.2, 0.25) is 0 Å². The molecule has 2 aromatic rings. The number of ether oxygens (including phenoxy) is 1. The molecule has 0 spiro atoms. The van der Waals surface area contributed by atoms with Crippen LogP contribution in [-0.4, -0.2) is 52.6 Å². The van der Waals surface area contributed by atoms with Crippen molar-refractivity contribution in [3.63, 3.8) is 0 Å². The monoisotopic (exact) mass is 393 g/mol. The van der Waals surface area contributed by atoms with Gasteiger partial charge in [-0.15, -0.1) is 0 Å². The summed E-state index contributed by atoms with van der Waals surface area (Å²) in [6, 6.07) is 4.55. The van der Waals surface area contributed by atoms with Crippen molar-refractivity contribution in [3.8, 4) is 6.01 Å². The van der Waals surface area contributed by atoms with Crippen LogP contribution in [0, 0.1) is 0 Å². The maximum atomic E-state index is 12.5. The standard InChI is InChI=1S/C21H23N5O3/c1-3-18(27)22-4-5-26-12-15-7-17-14(6-13(15)8-19(26)28)9-23-20(17)16-10-24-21(29-2)25-11-16/h6-7,10-11H,3-5,8-9,12H2,1-2H3,(H,22,27). The van der Waals surface area contributed by atoms with Gasteiger partial charge in [-0.2, -0.15) is 0 Å². The molecule has 1 aromatic heterocycles. The van der Waals surface area contributed by atoms with Crippen molar-refractivity contribution in [1.29, 1.82) is 0 Å². The van der Waals surface area contributed by atoms with Gasteiger partial charge in [-0.25, -0.2) is 9.97 Å². The summed E-state index contributed by atoms with van der Waals surface area (Å²) in [6.45, 7) is 3.91. The van der Waals surface area contributed by atoms with E-state index in [1.54, 1.807) is 17.3 Å². The first-order chi connectivity index (χ1) is 14.1. The van der Waals surface area contributed by atoms with E-state index in [1.165, 1.54) is 7.11 Å². The molecule has 150 valence electrons. The van der Waals surface area contributed by atoms with Crippen molar-refractivity contribution in [3.05, 3.63) is 52.3 Å².